The summed E-state index contributed by atoms with van der Waals surface area (Å²) in [4.78, 5) is 25.0. The molecular weight excluding hydrogens is 460 g/mol. The highest BCUT2D eigenvalue weighted by Gasteiger charge is 2.31. The molecule has 2 aromatic carbocycles. The van der Waals surface area contributed by atoms with Crippen LogP contribution in [0.25, 0.3) is 16.6 Å². The zero-order valence-electron chi connectivity index (χ0n) is 17.5. The van der Waals surface area contributed by atoms with E-state index in [4.69, 9.17) is 0 Å². The van der Waals surface area contributed by atoms with E-state index in [1.54, 1.807) is 0 Å². The molecule has 3 nitrogen and oxygen atoms in total. The van der Waals surface area contributed by atoms with Gasteiger partial charge in [0.2, 0.25) is 5.78 Å². The molecule has 0 radical (unpaired) electrons. The number of aromatic nitrogens is 1. The van der Waals surface area contributed by atoms with Gasteiger partial charge in [-0.05, 0) is 55.0 Å². The molecule has 0 spiro atoms. The number of rotatable bonds is 4. The minimum atomic E-state index is -4.55. The van der Waals surface area contributed by atoms with Gasteiger partial charge in [0.05, 0.1) is 22.3 Å². The maximum absolute atomic E-state index is 13.2. The van der Waals surface area contributed by atoms with Crippen molar-refractivity contribution in [1.29, 1.82) is 0 Å². The summed E-state index contributed by atoms with van der Waals surface area (Å²) in [5, 5.41) is 0. The maximum atomic E-state index is 13.2. The Bertz CT molecular complexity index is 1400. The predicted octanol–water partition coefficient (Wildman–Crippen LogP) is 7.08. The third-order valence-electron chi connectivity index (χ3n) is 5.41. The van der Waals surface area contributed by atoms with Crippen molar-refractivity contribution < 1.29 is 35.9 Å². The number of pyridine rings is 1. The Morgan fingerprint density at radius 1 is 0.706 bits per heavy atom. The van der Waals surface area contributed by atoms with Crippen LogP contribution in [0.5, 0.6) is 0 Å². The van der Waals surface area contributed by atoms with Gasteiger partial charge in [-0.15, -0.1) is 0 Å². The zero-order valence-corrected chi connectivity index (χ0v) is 17.5. The summed E-state index contributed by atoms with van der Waals surface area (Å²) >= 11 is 0. The number of carbonyl (C=O) groups excluding carboxylic acids is 2. The van der Waals surface area contributed by atoms with Gasteiger partial charge < -0.3 is 4.40 Å². The van der Waals surface area contributed by atoms with Crippen LogP contribution in [0.4, 0.5) is 26.3 Å². The minimum absolute atomic E-state index is 0.00186. The first-order valence-corrected chi connectivity index (χ1v) is 9.92. The van der Waals surface area contributed by atoms with Gasteiger partial charge in [-0.25, -0.2) is 0 Å². The molecule has 0 aliphatic carbocycles. The molecule has 0 atom stereocenters. The van der Waals surface area contributed by atoms with Gasteiger partial charge in [-0.3, -0.25) is 9.59 Å². The molecule has 0 N–H and O–H groups in total. The Balaban J connectivity index is 1.85. The molecular formula is C25H15F6NO2. The van der Waals surface area contributed by atoms with E-state index in [2.05, 4.69) is 0 Å². The van der Waals surface area contributed by atoms with Gasteiger partial charge in [0.15, 0.2) is 5.78 Å². The van der Waals surface area contributed by atoms with Crippen LogP contribution in [0.15, 0.2) is 72.9 Å². The lowest BCUT2D eigenvalue weighted by Crippen LogP contribution is -2.08. The molecule has 0 amide bonds. The van der Waals surface area contributed by atoms with Crippen molar-refractivity contribution in [2.24, 2.45) is 0 Å². The zero-order chi connectivity index (χ0) is 24.8. The van der Waals surface area contributed by atoms with Crippen LogP contribution in [0, 0.1) is 0 Å². The number of hydrogen-bond donors (Lipinski definition) is 0. The number of benzene rings is 2. The van der Waals surface area contributed by atoms with Crippen molar-refractivity contribution >= 4 is 17.1 Å². The first-order chi connectivity index (χ1) is 15.9. The first-order valence-electron chi connectivity index (χ1n) is 9.92. The predicted molar refractivity (Wildman–Crippen MR) is 113 cm³/mol. The maximum Gasteiger partial charge on any atom is 0.416 e. The molecule has 0 saturated heterocycles. The number of ketones is 2. The number of halogens is 6. The van der Waals surface area contributed by atoms with Gasteiger partial charge in [0.25, 0.3) is 0 Å². The van der Waals surface area contributed by atoms with Crippen molar-refractivity contribution in [2.75, 3.05) is 0 Å². The van der Waals surface area contributed by atoms with Crippen molar-refractivity contribution in [2.45, 2.75) is 19.3 Å². The summed E-state index contributed by atoms with van der Waals surface area (Å²) in [6, 6.07) is 12.5. The summed E-state index contributed by atoms with van der Waals surface area (Å²) in [5.74, 6) is -0.838. The van der Waals surface area contributed by atoms with E-state index in [1.807, 2.05) is 0 Å². The SMILES string of the molecule is CC(=O)c1ccn2c(C(=O)c3ccc(C(F)(F)F)cc3)cc(-c3ccc(C(F)(F)F)cc3)c2c1. The Hall–Kier alpha value is -3.88. The second-order valence-electron chi connectivity index (χ2n) is 7.65. The summed E-state index contributed by atoms with van der Waals surface area (Å²) < 4.78 is 78.9. The molecule has 2 heterocycles. The monoisotopic (exact) mass is 475 g/mol. The Kier molecular flexibility index (Phi) is 5.59. The standard InChI is InChI=1S/C25H15F6NO2/c1-14(33)17-10-11-32-21(12-17)20(15-2-6-18(7-3-15)24(26,27)28)13-22(32)23(34)16-4-8-19(9-5-16)25(29,30)31/h2-13H,1H3. The third-order valence-corrected chi connectivity index (χ3v) is 5.41. The van der Waals surface area contributed by atoms with Crippen LogP contribution in [0.3, 0.4) is 0 Å². The Morgan fingerprint density at radius 3 is 1.74 bits per heavy atom. The fraction of sp³-hybridized carbons (Fsp3) is 0.120. The third kappa shape index (κ3) is 4.33. The summed E-state index contributed by atoms with van der Waals surface area (Å²) in [6.07, 6.45) is -7.61. The van der Waals surface area contributed by atoms with Gasteiger partial charge in [-0.2, -0.15) is 26.3 Å². The smallest absolute Gasteiger partial charge is 0.313 e. The molecule has 0 aliphatic heterocycles. The number of alkyl halides is 6. The molecule has 174 valence electrons. The van der Waals surface area contributed by atoms with E-state index in [0.29, 0.717) is 22.2 Å². The van der Waals surface area contributed by atoms with Crippen molar-refractivity contribution in [3.63, 3.8) is 0 Å². The number of hydrogen-bond acceptors (Lipinski definition) is 2. The molecule has 4 aromatic rings. The lowest BCUT2D eigenvalue weighted by molar-refractivity contribution is -0.138. The Morgan fingerprint density at radius 2 is 1.24 bits per heavy atom. The Labute approximate surface area is 189 Å². The van der Waals surface area contributed by atoms with Crippen LogP contribution < -0.4 is 0 Å². The van der Waals surface area contributed by atoms with E-state index in [-0.39, 0.29) is 17.0 Å². The van der Waals surface area contributed by atoms with E-state index >= 15 is 0 Å². The van der Waals surface area contributed by atoms with Crippen molar-refractivity contribution in [3.8, 4) is 11.1 Å². The summed E-state index contributed by atoms with van der Waals surface area (Å²) in [6.45, 7) is 1.35. The van der Waals surface area contributed by atoms with Crippen LogP contribution in [-0.4, -0.2) is 16.0 Å². The number of Topliss-reactive ketones (excluding diaryl/α,β-unsaturated/α-hetero) is 1. The highest BCUT2D eigenvalue weighted by Crippen LogP contribution is 2.34. The molecule has 2 aromatic heterocycles. The van der Waals surface area contributed by atoms with Crippen LogP contribution in [0.1, 0.15) is 44.5 Å². The average molecular weight is 475 g/mol. The molecule has 0 fully saturated rings. The van der Waals surface area contributed by atoms with E-state index in [1.165, 1.54) is 47.9 Å². The molecule has 0 saturated carbocycles. The van der Waals surface area contributed by atoms with Gasteiger partial charge in [0, 0.05) is 22.9 Å². The number of carbonyl (C=O) groups is 2. The van der Waals surface area contributed by atoms with Gasteiger partial charge in [-0.1, -0.05) is 24.3 Å². The van der Waals surface area contributed by atoms with Gasteiger partial charge >= 0.3 is 12.4 Å². The first kappa shape index (κ1) is 23.3. The van der Waals surface area contributed by atoms with Crippen molar-refractivity contribution in [1.82, 2.24) is 4.40 Å². The minimum Gasteiger partial charge on any atom is -0.313 e. The molecule has 9 heteroatoms. The van der Waals surface area contributed by atoms with Crippen LogP contribution in [0.2, 0.25) is 0 Å². The largest absolute Gasteiger partial charge is 0.416 e. The molecule has 0 unspecified atom stereocenters. The normalized spacial score (nSPS) is 12.2. The number of nitrogens with zero attached hydrogens (tertiary/aromatic N) is 1. The van der Waals surface area contributed by atoms with E-state index in [9.17, 15) is 35.9 Å². The van der Waals surface area contributed by atoms with Crippen molar-refractivity contribution in [3.05, 3.63) is 101 Å². The summed E-state index contributed by atoms with van der Waals surface area (Å²) in [5.41, 5.74) is -0.174. The lowest BCUT2D eigenvalue weighted by atomic mass is 10.0. The molecule has 0 bridgehead atoms. The molecule has 34 heavy (non-hydrogen) atoms. The lowest BCUT2D eigenvalue weighted by Gasteiger charge is -2.08. The summed E-state index contributed by atoms with van der Waals surface area (Å²) in [7, 11) is 0. The van der Waals surface area contributed by atoms with Crippen LogP contribution >= 0.6 is 0 Å². The molecule has 0 aliphatic rings. The van der Waals surface area contributed by atoms with E-state index < -0.39 is 29.3 Å². The van der Waals surface area contributed by atoms with Crippen LogP contribution in [-0.2, 0) is 12.4 Å². The highest BCUT2D eigenvalue weighted by atomic mass is 19.4. The quantitative estimate of drug-likeness (QED) is 0.234. The number of fused-ring (bicyclic) bond motifs is 1. The topological polar surface area (TPSA) is 38.5 Å². The molecule has 4 rings (SSSR count). The highest BCUT2D eigenvalue weighted by molar-refractivity contribution is 6.10. The second kappa shape index (κ2) is 8.16. The second-order valence-corrected chi connectivity index (χ2v) is 7.65. The fourth-order valence-electron chi connectivity index (χ4n) is 3.62. The van der Waals surface area contributed by atoms with Gasteiger partial charge in [0.1, 0.15) is 0 Å². The fourth-order valence-corrected chi connectivity index (χ4v) is 3.62. The average Bonchev–Trinajstić information content (AvgIpc) is 3.16. The van der Waals surface area contributed by atoms with E-state index in [0.717, 1.165) is 36.4 Å².